The summed E-state index contributed by atoms with van der Waals surface area (Å²) < 4.78 is 34.4. The van der Waals surface area contributed by atoms with Crippen molar-refractivity contribution in [3.8, 4) is 0 Å². The number of hydrogen-bond donors (Lipinski definition) is 0. The van der Waals surface area contributed by atoms with Gasteiger partial charge in [0.25, 0.3) is 7.82 Å². The van der Waals surface area contributed by atoms with Crippen LogP contribution in [0.1, 0.15) is 373 Å². The van der Waals surface area contributed by atoms with E-state index in [-0.39, 0.29) is 32.0 Å². The Morgan fingerprint density at radius 3 is 0.956 bits per heavy atom. The van der Waals surface area contributed by atoms with E-state index < -0.39 is 26.5 Å². The normalized spacial score (nSPS) is 13.4. The van der Waals surface area contributed by atoms with Gasteiger partial charge in [-0.15, -0.1) is 0 Å². The predicted octanol–water partition coefficient (Wildman–Crippen LogP) is 24.9. The van der Waals surface area contributed by atoms with E-state index in [4.69, 9.17) is 18.5 Å². The van der Waals surface area contributed by atoms with E-state index in [1.54, 1.807) is 0 Å². The topological polar surface area (TPSA) is 111 Å². The third-order valence-electron chi connectivity index (χ3n) is 17.2. The summed E-state index contributed by atoms with van der Waals surface area (Å²) in [7, 11) is 1.18. The number of ether oxygens (including phenoxy) is 2. The van der Waals surface area contributed by atoms with E-state index in [1.165, 1.54) is 276 Å². The van der Waals surface area contributed by atoms with Gasteiger partial charge in [-0.25, -0.2) is 0 Å². The molecule has 0 aliphatic heterocycles. The molecule has 0 aromatic carbocycles. The molecule has 0 saturated carbocycles. The zero-order valence-corrected chi connectivity index (χ0v) is 61.0. The zero-order valence-electron chi connectivity index (χ0n) is 60.1. The molecule has 2 unspecified atom stereocenters. The fourth-order valence-electron chi connectivity index (χ4n) is 11.3. The van der Waals surface area contributed by atoms with Gasteiger partial charge in [-0.3, -0.25) is 14.2 Å². The van der Waals surface area contributed by atoms with Crippen LogP contribution in [0.4, 0.5) is 0 Å². The molecule has 0 heterocycles. The molecule has 9 nitrogen and oxygen atoms in total. The van der Waals surface area contributed by atoms with E-state index in [2.05, 4.69) is 86.8 Å². The molecule has 0 aromatic heterocycles. The van der Waals surface area contributed by atoms with E-state index in [9.17, 15) is 19.0 Å². The summed E-state index contributed by atoms with van der Waals surface area (Å²) in [6.45, 7) is 4.19. The Morgan fingerprint density at radius 1 is 0.356 bits per heavy atom. The first kappa shape index (κ1) is 87.5. The lowest BCUT2D eigenvalue weighted by atomic mass is 10.0. The van der Waals surface area contributed by atoms with Crippen LogP contribution in [0.3, 0.4) is 0 Å². The summed E-state index contributed by atoms with van der Waals surface area (Å²) in [6, 6.07) is 0. The average Bonchev–Trinajstić information content (AvgIpc) is 3.58. The SMILES string of the molecule is CC/C=C\C/C=C\C/C=C\C/C=C\C/C=C\CCCCCCCCCCCCCCCCCCCCCCCC(=O)OC(COC(=O)CCCCCCCCCCCCCCCCCCC/C=C\CCCCCCCCCC)COP(=O)([O-])OCC[N+](C)(C)C. The van der Waals surface area contributed by atoms with E-state index in [0.29, 0.717) is 17.4 Å². The molecule has 90 heavy (non-hydrogen) atoms. The quantitative estimate of drug-likeness (QED) is 0.0195. The molecule has 0 rings (SSSR count). The minimum atomic E-state index is -4.64. The lowest BCUT2D eigenvalue weighted by Gasteiger charge is -2.28. The minimum Gasteiger partial charge on any atom is -0.756 e. The molecule has 526 valence electrons. The Bertz CT molecular complexity index is 1750. The molecule has 0 spiro atoms. The molecule has 0 N–H and O–H groups in total. The third-order valence-corrected chi connectivity index (χ3v) is 18.2. The summed E-state index contributed by atoms with van der Waals surface area (Å²) in [4.78, 5) is 38.1. The summed E-state index contributed by atoms with van der Waals surface area (Å²) in [5.41, 5.74) is 0. The van der Waals surface area contributed by atoms with Crippen LogP contribution in [0.25, 0.3) is 0 Å². The van der Waals surface area contributed by atoms with Crippen LogP contribution in [0.2, 0.25) is 0 Å². The number of nitrogens with zero attached hydrogens (tertiary/aromatic N) is 1. The molecule has 0 radical (unpaired) electrons. The van der Waals surface area contributed by atoms with Gasteiger partial charge < -0.3 is 27.9 Å². The van der Waals surface area contributed by atoms with Gasteiger partial charge in [0.2, 0.25) is 0 Å². The predicted molar refractivity (Wildman–Crippen MR) is 388 cm³/mol. The molecule has 0 saturated heterocycles. The van der Waals surface area contributed by atoms with Gasteiger partial charge >= 0.3 is 11.9 Å². The van der Waals surface area contributed by atoms with Crippen LogP contribution in [-0.4, -0.2) is 70.0 Å². The molecular weight excluding hydrogens is 1130 g/mol. The monoisotopic (exact) mass is 1280 g/mol. The highest BCUT2D eigenvalue weighted by Gasteiger charge is 2.22. The van der Waals surface area contributed by atoms with Gasteiger partial charge in [-0.2, -0.15) is 0 Å². The second kappa shape index (κ2) is 70.8. The zero-order chi connectivity index (χ0) is 65.5. The highest BCUT2D eigenvalue weighted by Crippen LogP contribution is 2.38. The smallest absolute Gasteiger partial charge is 0.306 e. The van der Waals surface area contributed by atoms with Gasteiger partial charge in [0.15, 0.2) is 6.10 Å². The van der Waals surface area contributed by atoms with E-state index in [0.717, 1.165) is 64.2 Å². The number of esters is 2. The molecule has 2 atom stereocenters. The number of quaternary nitrogens is 1. The number of rotatable bonds is 72. The minimum absolute atomic E-state index is 0.0293. The van der Waals surface area contributed by atoms with Gasteiger partial charge in [0, 0.05) is 12.8 Å². The number of allylic oxidation sites excluding steroid dienone is 12. The summed E-state index contributed by atoms with van der Waals surface area (Å²) in [6.07, 6.45) is 95.9. The first-order valence-corrected chi connectivity index (χ1v) is 40.1. The summed E-state index contributed by atoms with van der Waals surface area (Å²) >= 11 is 0. The van der Waals surface area contributed by atoms with Gasteiger partial charge in [-0.05, 0) is 83.5 Å². The van der Waals surface area contributed by atoms with Gasteiger partial charge in [0.05, 0.1) is 27.7 Å². The van der Waals surface area contributed by atoms with Crippen LogP contribution < -0.4 is 4.89 Å². The van der Waals surface area contributed by atoms with Crippen molar-refractivity contribution in [2.45, 2.75) is 380 Å². The van der Waals surface area contributed by atoms with Crippen LogP contribution in [0.5, 0.6) is 0 Å². The summed E-state index contributed by atoms with van der Waals surface area (Å²) in [5.74, 6) is -0.813. The first-order chi connectivity index (χ1) is 44.0. The number of hydrogen-bond acceptors (Lipinski definition) is 8. The van der Waals surface area contributed by atoms with E-state index >= 15 is 0 Å². The Kier molecular flexibility index (Phi) is 68.8. The van der Waals surface area contributed by atoms with Crippen molar-refractivity contribution in [3.05, 3.63) is 72.9 Å². The first-order valence-electron chi connectivity index (χ1n) is 38.6. The third kappa shape index (κ3) is 74.5. The second-order valence-corrected chi connectivity index (χ2v) is 28.8. The largest absolute Gasteiger partial charge is 0.756 e. The molecule has 0 amide bonds. The van der Waals surface area contributed by atoms with Crippen LogP contribution in [0, 0.1) is 0 Å². The molecule has 0 aliphatic carbocycles. The molecule has 0 bridgehead atoms. The Morgan fingerprint density at radius 2 is 0.633 bits per heavy atom. The van der Waals surface area contributed by atoms with Crippen molar-refractivity contribution in [1.82, 2.24) is 0 Å². The fraction of sp³-hybridized carbons (Fsp3) is 0.825. The maximum Gasteiger partial charge on any atom is 0.306 e. The Hall–Kier alpha value is -2.55. The lowest BCUT2D eigenvalue weighted by molar-refractivity contribution is -0.870. The number of carbonyl (C=O) groups is 2. The fourth-order valence-corrected chi connectivity index (χ4v) is 12.1. The number of unbranched alkanes of at least 4 members (excludes halogenated alkanes) is 46. The van der Waals surface area contributed by atoms with E-state index in [1.807, 2.05) is 21.1 Å². The number of likely N-dealkylation sites (N-methyl/N-ethyl adjacent to an activating group) is 1. The van der Waals surface area contributed by atoms with Crippen LogP contribution in [0.15, 0.2) is 72.9 Å². The number of phosphoric ester groups is 1. The molecule has 0 aromatic rings. The van der Waals surface area contributed by atoms with Crippen molar-refractivity contribution >= 4 is 19.8 Å². The van der Waals surface area contributed by atoms with Crippen molar-refractivity contribution in [2.24, 2.45) is 0 Å². The van der Waals surface area contributed by atoms with Gasteiger partial charge in [-0.1, -0.05) is 350 Å². The second-order valence-electron chi connectivity index (χ2n) is 27.3. The molecule has 10 heteroatoms. The van der Waals surface area contributed by atoms with Crippen molar-refractivity contribution in [3.63, 3.8) is 0 Å². The maximum atomic E-state index is 12.9. The van der Waals surface area contributed by atoms with Gasteiger partial charge in [0.1, 0.15) is 19.8 Å². The number of phosphoric acid groups is 1. The standard InChI is InChI=1S/C80H148NO8P/c1-6-8-10-12-14-16-18-20-22-24-26-28-30-32-34-36-37-38-39-40-41-42-43-45-47-49-51-53-55-57-59-61-63-65-67-69-71-73-80(83)89-78(77-88-90(84,85)87-75-74-81(3,4)5)76-86-79(82)72-70-68-66-64-62-60-58-56-54-52-50-48-46-44-35-33-31-29-27-25-23-21-19-17-15-13-11-9-7-2/h8,10,14,16,20,22,25-28,32,34,78H,6-7,9,11-13,15,17-19,21,23-24,29-31,33,35-77H2,1-5H3/b10-8-,16-14-,22-20-,27-25-,28-26-,34-32-. The lowest BCUT2D eigenvalue weighted by Crippen LogP contribution is -2.37. The van der Waals surface area contributed by atoms with Crippen molar-refractivity contribution in [1.29, 1.82) is 0 Å². The van der Waals surface area contributed by atoms with Crippen molar-refractivity contribution in [2.75, 3.05) is 47.5 Å². The highest BCUT2D eigenvalue weighted by molar-refractivity contribution is 7.45. The molecule has 0 fully saturated rings. The number of carbonyl (C=O) groups excluding carboxylic acids is 2. The van der Waals surface area contributed by atoms with Crippen LogP contribution >= 0.6 is 7.82 Å². The summed E-state index contributed by atoms with van der Waals surface area (Å²) in [5, 5.41) is 0. The molecular formula is C80H148NO8P. The Balaban J connectivity index is 3.94. The highest BCUT2D eigenvalue weighted by atomic mass is 31.2. The van der Waals surface area contributed by atoms with Crippen molar-refractivity contribution < 1.29 is 42.1 Å². The maximum absolute atomic E-state index is 12.9. The van der Waals surface area contributed by atoms with Crippen LogP contribution in [-0.2, 0) is 32.7 Å². The average molecular weight is 1280 g/mol. The molecule has 0 aliphatic rings. The Labute approximate surface area is 559 Å².